The summed E-state index contributed by atoms with van der Waals surface area (Å²) in [7, 11) is 1.42. The summed E-state index contributed by atoms with van der Waals surface area (Å²) >= 11 is 0. The van der Waals surface area contributed by atoms with E-state index in [9.17, 15) is 25.0 Å². The van der Waals surface area contributed by atoms with Crippen LogP contribution in [-0.2, 0) is 9.53 Å². The summed E-state index contributed by atoms with van der Waals surface area (Å²) in [4.78, 5) is 32.1. The van der Waals surface area contributed by atoms with Crippen molar-refractivity contribution in [2.75, 3.05) is 19.1 Å². The summed E-state index contributed by atoms with van der Waals surface area (Å²) in [5.74, 6) is 0.138. The number of nitrogens with one attached hydrogen (secondary N) is 1. The Bertz CT molecular complexity index is 1010. The van der Waals surface area contributed by atoms with Crippen LogP contribution in [0, 0.1) is 20.2 Å². The van der Waals surface area contributed by atoms with E-state index in [2.05, 4.69) is 10.5 Å². The second-order valence-corrected chi connectivity index (χ2v) is 6.32. The van der Waals surface area contributed by atoms with Gasteiger partial charge in [0, 0.05) is 6.07 Å². The quantitative estimate of drug-likeness (QED) is 0.257. The minimum Gasteiger partial charge on any atom is -0.493 e. The standard InChI is InChI=1S/C19H20N4O8/c1-12(2)31-19(24)11-30-17-7-4-13(8-18(17)29-3)10-20-21-15-6-5-14(22(25)26)9-16(15)23(27)28/h4-10,12,21H,11H2,1-3H3/b20-10+. The molecule has 0 aliphatic carbocycles. The normalized spacial score (nSPS) is 10.7. The highest BCUT2D eigenvalue weighted by molar-refractivity contribution is 5.82. The molecule has 12 heteroatoms. The number of ether oxygens (including phenoxy) is 3. The highest BCUT2D eigenvalue weighted by atomic mass is 16.6. The topological polar surface area (TPSA) is 155 Å². The van der Waals surface area contributed by atoms with Crippen molar-refractivity contribution in [3.8, 4) is 11.5 Å². The van der Waals surface area contributed by atoms with E-state index in [1.54, 1.807) is 32.0 Å². The number of carbonyl (C=O) groups is 1. The summed E-state index contributed by atoms with van der Waals surface area (Å²) in [6, 6.07) is 7.94. The van der Waals surface area contributed by atoms with Gasteiger partial charge in [0.1, 0.15) is 5.69 Å². The number of esters is 1. The summed E-state index contributed by atoms with van der Waals surface area (Å²) in [6.07, 6.45) is 1.11. The molecule has 0 radical (unpaired) electrons. The molecule has 2 rings (SSSR count). The first kappa shape index (κ1) is 23.1. The number of carbonyl (C=O) groups excluding carboxylic acids is 1. The third-order valence-corrected chi connectivity index (χ3v) is 3.69. The number of nitro benzene ring substituents is 2. The molecule has 0 aromatic heterocycles. The Balaban J connectivity index is 2.10. The van der Waals surface area contributed by atoms with Gasteiger partial charge in [0.05, 0.1) is 35.3 Å². The molecular weight excluding hydrogens is 412 g/mol. The first-order valence-corrected chi connectivity index (χ1v) is 8.93. The molecule has 0 saturated carbocycles. The van der Waals surface area contributed by atoms with Crippen LogP contribution in [0.1, 0.15) is 19.4 Å². The van der Waals surface area contributed by atoms with Gasteiger partial charge in [-0.1, -0.05) is 0 Å². The van der Waals surface area contributed by atoms with Crippen molar-refractivity contribution in [1.29, 1.82) is 0 Å². The number of anilines is 1. The number of benzene rings is 2. The Kier molecular flexibility index (Phi) is 7.83. The zero-order valence-electron chi connectivity index (χ0n) is 16.9. The number of non-ortho nitro benzene ring substituents is 1. The van der Waals surface area contributed by atoms with Gasteiger partial charge in [0.2, 0.25) is 0 Å². The van der Waals surface area contributed by atoms with E-state index in [0.717, 1.165) is 12.1 Å². The Labute approximate surface area is 176 Å². The zero-order valence-corrected chi connectivity index (χ0v) is 16.9. The van der Waals surface area contributed by atoms with E-state index in [4.69, 9.17) is 14.2 Å². The van der Waals surface area contributed by atoms with Gasteiger partial charge in [-0.05, 0) is 43.7 Å². The minimum atomic E-state index is -0.746. The maximum absolute atomic E-state index is 11.6. The van der Waals surface area contributed by atoms with Crippen molar-refractivity contribution in [2.24, 2.45) is 5.10 Å². The summed E-state index contributed by atoms with van der Waals surface area (Å²) in [5, 5.41) is 25.9. The second-order valence-electron chi connectivity index (χ2n) is 6.32. The van der Waals surface area contributed by atoms with Crippen LogP contribution in [0.4, 0.5) is 17.1 Å². The molecule has 2 aromatic rings. The van der Waals surface area contributed by atoms with Crippen molar-refractivity contribution < 1.29 is 28.9 Å². The van der Waals surface area contributed by atoms with Crippen molar-refractivity contribution in [2.45, 2.75) is 20.0 Å². The number of hydrogen-bond acceptors (Lipinski definition) is 10. The predicted molar refractivity (Wildman–Crippen MR) is 111 cm³/mol. The summed E-state index contributed by atoms with van der Waals surface area (Å²) < 4.78 is 15.6. The van der Waals surface area contributed by atoms with E-state index < -0.39 is 27.2 Å². The van der Waals surface area contributed by atoms with Gasteiger partial charge in [0.15, 0.2) is 18.1 Å². The fraction of sp³-hybridized carbons (Fsp3) is 0.263. The van der Waals surface area contributed by atoms with Crippen LogP contribution in [0.5, 0.6) is 11.5 Å². The van der Waals surface area contributed by atoms with Crippen LogP contribution >= 0.6 is 0 Å². The minimum absolute atomic E-state index is 0.0116. The molecular formula is C19H20N4O8. The molecule has 0 saturated heterocycles. The SMILES string of the molecule is COc1cc(/C=N/Nc2ccc([N+](=O)[O-])cc2[N+](=O)[O-])ccc1OCC(=O)OC(C)C. The molecule has 0 aliphatic heterocycles. The maximum Gasteiger partial charge on any atom is 0.344 e. The molecule has 0 unspecified atom stereocenters. The van der Waals surface area contributed by atoms with Crippen molar-refractivity contribution >= 4 is 29.2 Å². The summed E-state index contributed by atoms with van der Waals surface area (Å²) in [6.45, 7) is 3.17. The number of nitro groups is 2. The molecule has 0 aliphatic rings. The van der Waals surface area contributed by atoms with Crippen LogP contribution in [0.3, 0.4) is 0 Å². The first-order chi connectivity index (χ1) is 14.7. The van der Waals surface area contributed by atoms with Gasteiger partial charge in [0.25, 0.3) is 5.69 Å². The van der Waals surface area contributed by atoms with Crippen molar-refractivity contribution in [3.63, 3.8) is 0 Å². The molecule has 0 amide bonds. The van der Waals surface area contributed by atoms with Crippen LogP contribution in [0.2, 0.25) is 0 Å². The van der Waals surface area contributed by atoms with E-state index >= 15 is 0 Å². The van der Waals surface area contributed by atoms with Gasteiger partial charge in [-0.25, -0.2) is 4.79 Å². The van der Waals surface area contributed by atoms with E-state index in [1.807, 2.05) is 0 Å². The number of nitrogens with zero attached hydrogens (tertiary/aromatic N) is 3. The molecule has 12 nitrogen and oxygen atoms in total. The van der Waals surface area contributed by atoms with Crippen LogP contribution in [-0.4, -0.2) is 41.9 Å². The highest BCUT2D eigenvalue weighted by Crippen LogP contribution is 2.29. The largest absolute Gasteiger partial charge is 0.493 e. The van der Waals surface area contributed by atoms with Gasteiger partial charge in [-0.3, -0.25) is 25.7 Å². The Hall–Kier alpha value is -4.22. The maximum atomic E-state index is 11.6. The van der Waals surface area contributed by atoms with Gasteiger partial charge in [-0.2, -0.15) is 5.10 Å². The number of methoxy groups -OCH3 is 1. The molecule has 0 atom stereocenters. The van der Waals surface area contributed by atoms with Crippen LogP contribution in [0.25, 0.3) is 0 Å². The summed E-state index contributed by atoms with van der Waals surface area (Å²) in [5.41, 5.74) is 2.15. The third kappa shape index (κ3) is 6.66. The lowest BCUT2D eigenvalue weighted by Gasteiger charge is -2.12. The highest BCUT2D eigenvalue weighted by Gasteiger charge is 2.19. The predicted octanol–water partition coefficient (Wildman–Crippen LogP) is 3.29. The van der Waals surface area contributed by atoms with E-state index in [0.29, 0.717) is 17.1 Å². The van der Waals surface area contributed by atoms with Gasteiger partial charge < -0.3 is 14.2 Å². The Morgan fingerprint density at radius 3 is 2.48 bits per heavy atom. The lowest BCUT2D eigenvalue weighted by molar-refractivity contribution is -0.393. The molecule has 0 heterocycles. The lowest BCUT2D eigenvalue weighted by atomic mass is 10.2. The van der Waals surface area contributed by atoms with Gasteiger partial charge in [-0.15, -0.1) is 0 Å². The molecule has 0 bridgehead atoms. The fourth-order valence-electron chi connectivity index (χ4n) is 2.37. The monoisotopic (exact) mass is 432 g/mol. The lowest BCUT2D eigenvalue weighted by Crippen LogP contribution is -2.18. The Morgan fingerprint density at radius 2 is 1.87 bits per heavy atom. The van der Waals surface area contributed by atoms with E-state index in [1.165, 1.54) is 19.4 Å². The molecule has 1 N–H and O–H groups in total. The molecule has 164 valence electrons. The van der Waals surface area contributed by atoms with Crippen molar-refractivity contribution in [1.82, 2.24) is 0 Å². The fourth-order valence-corrected chi connectivity index (χ4v) is 2.37. The molecule has 31 heavy (non-hydrogen) atoms. The average molecular weight is 432 g/mol. The van der Waals surface area contributed by atoms with Crippen LogP contribution < -0.4 is 14.9 Å². The third-order valence-electron chi connectivity index (χ3n) is 3.69. The average Bonchev–Trinajstić information content (AvgIpc) is 2.72. The first-order valence-electron chi connectivity index (χ1n) is 8.93. The molecule has 0 fully saturated rings. The van der Waals surface area contributed by atoms with E-state index in [-0.39, 0.29) is 18.4 Å². The van der Waals surface area contributed by atoms with Crippen LogP contribution in [0.15, 0.2) is 41.5 Å². The smallest absolute Gasteiger partial charge is 0.344 e. The number of hydrazone groups is 1. The van der Waals surface area contributed by atoms with Gasteiger partial charge >= 0.3 is 11.7 Å². The Morgan fingerprint density at radius 1 is 1.13 bits per heavy atom. The number of rotatable bonds is 10. The zero-order chi connectivity index (χ0) is 23.0. The van der Waals surface area contributed by atoms with Crippen molar-refractivity contribution in [3.05, 3.63) is 62.2 Å². The molecule has 0 spiro atoms. The molecule has 2 aromatic carbocycles. The number of hydrogen-bond donors (Lipinski definition) is 1. The second kappa shape index (κ2) is 10.5.